The first kappa shape index (κ1) is 16.2. The summed E-state index contributed by atoms with van der Waals surface area (Å²) in [6, 6.07) is 10.7. The molecule has 0 atom stereocenters. The minimum absolute atomic E-state index is 0.0113. The van der Waals surface area contributed by atoms with Gasteiger partial charge in [-0.05, 0) is 40.8 Å². The number of hydrogen-bond acceptors (Lipinski definition) is 2. The monoisotopic (exact) mass is 310 g/mol. The van der Waals surface area contributed by atoms with E-state index < -0.39 is 6.36 Å². The minimum Gasteiger partial charge on any atom is -0.507 e. The predicted octanol–water partition coefficient (Wildman–Crippen LogP) is 5.26. The van der Waals surface area contributed by atoms with E-state index in [9.17, 15) is 18.3 Å². The number of rotatable bonds is 2. The molecule has 22 heavy (non-hydrogen) atoms. The molecule has 0 aromatic heterocycles. The highest BCUT2D eigenvalue weighted by molar-refractivity contribution is 5.72. The molecule has 0 unspecified atom stereocenters. The molecule has 0 aliphatic carbocycles. The number of halogens is 3. The van der Waals surface area contributed by atoms with E-state index >= 15 is 0 Å². The third kappa shape index (κ3) is 3.93. The molecular weight excluding hydrogens is 293 g/mol. The van der Waals surface area contributed by atoms with Crippen molar-refractivity contribution in [2.24, 2.45) is 0 Å². The van der Waals surface area contributed by atoms with Gasteiger partial charge in [0.25, 0.3) is 0 Å². The van der Waals surface area contributed by atoms with E-state index in [0.29, 0.717) is 11.1 Å². The molecule has 0 amide bonds. The topological polar surface area (TPSA) is 29.5 Å². The zero-order chi connectivity index (χ0) is 16.5. The van der Waals surface area contributed by atoms with Crippen LogP contribution in [-0.4, -0.2) is 11.5 Å². The van der Waals surface area contributed by atoms with Gasteiger partial charge in [-0.15, -0.1) is 13.2 Å². The Hall–Kier alpha value is -2.17. The van der Waals surface area contributed by atoms with Gasteiger partial charge in [0, 0.05) is 5.56 Å². The molecule has 0 saturated carbocycles. The van der Waals surface area contributed by atoms with Gasteiger partial charge in [0.05, 0.1) is 0 Å². The molecule has 0 aliphatic heterocycles. The maximum Gasteiger partial charge on any atom is 0.573 e. The first-order chi connectivity index (χ1) is 10.1. The van der Waals surface area contributed by atoms with Crippen molar-refractivity contribution in [1.82, 2.24) is 0 Å². The van der Waals surface area contributed by atoms with Crippen molar-refractivity contribution in [3.8, 4) is 22.6 Å². The highest BCUT2D eigenvalue weighted by Gasteiger charge is 2.31. The molecule has 0 heterocycles. The van der Waals surface area contributed by atoms with Crippen molar-refractivity contribution >= 4 is 0 Å². The van der Waals surface area contributed by atoms with Crippen molar-refractivity contribution in [3.63, 3.8) is 0 Å². The molecule has 0 aliphatic rings. The molecule has 0 radical (unpaired) electrons. The molecule has 2 nitrogen and oxygen atoms in total. The Bertz CT molecular complexity index is 670. The quantitative estimate of drug-likeness (QED) is 0.820. The lowest BCUT2D eigenvalue weighted by Gasteiger charge is -2.20. The number of phenols is 1. The zero-order valence-corrected chi connectivity index (χ0v) is 12.5. The van der Waals surface area contributed by atoms with Gasteiger partial charge in [-0.1, -0.05) is 39.0 Å². The molecule has 1 N–H and O–H groups in total. The Morgan fingerprint density at radius 3 is 2.23 bits per heavy atom. The van der Waals surface area contributed by atoms with Crippen LogP contribution in [0.4, 0.5) is 13.2 Å². The molecular formula is C17H17F3O2. The Morgan fingerprint density at radius 1 is 0.955 bits per heavy atom. The van der Waals surface area contributed by atoms with Crippen LogP contribution in [0.25, 0.3) is 11.1 Å². The summed E-state index contributed by atoms with van der Waals surface area (Å²) in [6.45, 7) is 6.06. The molecule has 0 spiro atoms. The maximum absolute atomic E-state index is 12.3. The maximum atomic E-state index is 12.3. The summed E-state index contributed by atoms with van der Waals surface area (Å²) in [6.07, 6.45) is -4.74. The van der Waals surface area contributed by atoms with Gasteiger partial charge >= 0.3 is 6.36 Å². The van der Waals surface area contributed by atoms with Gasteiger partial charge in [0.1, 0.15) is 11.5 Å². The van der Waals surface area contributed by atoms with Gasteiger partial charge in [0.2, 0.25) is 0 Å². The lowest BCUT2D eigenvalue weighted by atomic mass is 9.85. The van der Waals surface area contributed by atoms with Crippen LogP contribution in [0.2, 0.25) is 0 Å². The summed E-state index contributed by atoms with van der Waals surface area (Å²) in [5.74, 6) is -0.303. The fraction of sp³-hybridized carbons (Fsp3) is 0.294. The number of alkyl halides is 3. The van der Waals surface area contributed by atoms with Gasteiger partial charge in [0.15, 0.2) is 0 Å². The number of ether oxygens (including phenoxy) is 1. The van der Waals surface area contributed by atoms with Crippen LogP contribution in [0, 0.1) is 0 Å². The second-order valence-corrected chi connectivity index (χ2v) is 6.06. The second-order valence-electron chi connectivity index (χ2n) is 6.06. The average Bonchev–Trinajstić information content (AvgIpc) is 2.36. The van der Waals surface area contributed by atoms with Crippen LogP contribution in [0.1, 0.15) is 26.3 Å². The predicted molar refractivity (Wildman–Crippen MR) is 78.9 cm³/mol. The van der Waals surface area contributed by atoms with Crippen LogP contribution in [0.3, 0.4) is 0 Å². The minimum atomic E-state index is -4.74. The van der Waals surface area contributed by atoms with E-state index in [0.717, 1.165) is 5.56 Å². The summed E-state index contributed by atoms with van der Waals surface area (Å²) >= 11 is 0. The summed E-state index contributed by atoms with van der Waals surface area (Å²) in [5, 5.41) is 10.0. The SMILES string of the molecule is CC(C)(C)c1ccc(O)c(-c2cccc(OC(F)(F)F)c2)c1. The molecule has 0 fully saturated rings. The van der Waals surface area contributed by atoms with Gasteiger partial charge in [-0.25, -0.2) is 0 Å². The summed E-state index contributed by atoms with van der Waals surface area (Å²) < 4.78 is 40.8. The standard InChI is InChI=1S/C17H17F3O2/c1-16(2,3)12-7-8-15(21)14(10-12)11-5-4-6-13(9-11)22-17(18,19)20/h4-10,21H,1-3H3. The van der Waals surface area contributed by atoms with Crippen molar-refractivity contribution in [3.05, 3.63) is 48.0 Å². The normalized spacial score (nSPS) is 12.3. The average molecular weight is 310 g/mol. The van der Waals surface area contributed by atoms with E-state index in [-0.39, 0.29) is 16.9 Å². The van der Waals surface area contributed by atoms with Gasteiger partial charge < -0.3 is 9.84 Å². The van der Waals surface area contributed by atoms with Crippen LogP contribution in [-0.2, 0) is 5.41 Å². The van der Waals surface area contributed by atoms with Crippen LogP contribution < -0.4 is 4.74 Å². The lowest BCUT2D eigenvalue weighted by Crippen LogP contribution is -2.17. The Balaban J connectivity index is 2.46. The van der Waals surface area contributed by atoms with Crippen LogP contribution in [0.15, 0.2) is 42.5 Å². The number of benzene rings is 2. The first-order valence-electron chi connectivity index (χ1n) is 6.76. The Labute approximate surface area is 127 Å². The summed E-state index contributed by atoms with van der Waals surface area (Å²) in [4.78, 5) is 0. The zero-order valence-electron chi connectivity index (χ0n) is 12.5. The summed E-state index contributed by atoms with van der Waals surface area (Å²) in [5.41, 5.74) is 1.77. The second kappa shape index (κ2) is 5.55. The molecule has 5 heteroatoms. The van der Waals surface area contributed by atoms with E-state index in [4.69, 9.17) is 0 Å². The van der Waals surface area contributed by atoms with Crippen LogP contribution >= 0.6 is 0 Å². The van der Waals surface area contributed by atoms with E-state index in [2.05, 4.69) is 4.74 Å². The van der Waals surface area contributed by atoms with Crippen molar-refractivity contribution in [2.45, 2.75) is 32.5 Å². The highest BCUT2D eigenvalue weighted by Crippen LogP contribution is 2.36. The largest absolute Gasteiger partial charge is 0.573 e. The van der Waals surface area contributed by atoms with Crippen molar-refractivity contribution in [2.75, 3.05) is 0 Å². The molecule has 118 valence electrons. The van der Waals surface area contributed by atoms with E-state index in [1.54, 1.807) is 24.3 Å². The molecule has 0 bridgehead atoms. The fourth-order valence-corrected chi connectivity index (χ4v) is 2.09. The van der Waals surface area contributed by atoms with Crippen molar-refractivity contribution in [1.29, 1.82) is 0 Å². The summed E-state index contributed by atoms with van der Waals surface area (Å²) in [7, 11) is 0. The lowest BCUT2D eigenvalue weighted by molar-refractivity contribution is -0.274. The molecule has 2 aromatic rings. The first-order valence-corrected chi connectivity index (χ1v) is 6.76. The number of phenolic OH excluding ortho intramolecular Hbond substituents is 1. The van der Waals surface area contributed by atoms with E-state index in [1.807, 2.05) is 20.8 Å². The van der Waals surface area contributed by atoms with Crippen LogP contribution in [0.5, 0.6) is 11.5 Å². The highest BCUT2D eigenvalue weighted by atomic mass is 19.4. The van der Waals surface area contributed by atoms with Gasteiger partial charge in [-0.3, -0.25) is 0 Å². The Kier molecular flexibility index (Phi) is 4.09. The number of hydrogen-bond donors (Lipinski definition) is 1. The van der Waals surface area contributed by atoms with Crippen molar-refractivity contribution < 1.29 is 23.0 Å². The third-order valence-electron chi connectivity index (χ3n) is 3.24. The third-order valence-corrected chi connectivity index (χ3v) is 3.24. The Morgan fingerprint density at radius 2 is 1.64 bits per heavy atom. The van der Waals surface area contributed by atoms with Gasteiger partial charge in [-0.2, -0.15) is 0 Å². The van der Waals surface area contributed by atoms with E-state index in [1.165, 1.54) is 18.2 Å². The fourth-order valence-electron chi connectivity index (χ4n) is 2.09. The molecule has 2 aromatic carbocycles. The number of aromatic hydroxyl groups is 1. The molecule has 2 rings (SSSR count). The molecule has 0 saturated heterocycles. The smallest absolute Gasteiger partial charge is 0.507 e.